The maximum absolute atomic E-state index is 11.0. The van der Waals surface area contributed by atoms with Gasteiger partial charge in [0.05, 0.1) is 0 Å². The summed E-state index contributed by atoms with van der Waals surface area (Å²) in [5.41, 5.74) is 13.6. The van der Waals surface area contributed by atoms with Crippen LogP contribution in [0.2, 0.25) is 0 Å². The number of anilines is 1. The molecular formula is C24H27BrN2O4Os-2. The SMILES string of the molecule is CC1(O)c2c[c-]oc2C2CCC1C2.[NH-]C(=O)Nc1c2c(c(Br)c3c1CCC3)CCC2.[O]=[Os]. The third kappa shape index (κ3) is 4.04. The third-order valence-corrected chi connectivity index (χ3v) is 8.55. The Hall–Kier alpha value is -1.35. The number of fused-ring (bicyclic) bond motifs is 6. The van der Waals surface area contributed by atoms with Crippen LogP contribution in [0.5, 0.6) is 0 Å². The number of hydrogen-bond donors (Lipinski definition) is 2. The molecule has 1 saturated carbocycles. The fraction of sp³-hybridized carbons (Fsp3) is 0.542. The van der Waals surface area contributed by atoms with Gasteiger partial charge >= 0.3 is 22.1 Å². The van der Waals surface area contributed by atoms with Crippen molar-refractivity contribution in [1.82, 2.24) is 0 Å². The van der Waals surface area contributed by atoms with E-state index in [0.717, 1.165) is 74.8 Å². The molecule has 2 aromatic rings. The second kappa shape index (κ2) is 9.48. The fourth-order valence-electron chi connectivity index (χ4n) is 6.08. The molecule has 2 amide bonds. The van der Waals surface area contributed by atoms with Crippen LogP contribution in [0.3, 0.4) is 0 Å². The molecule has 1 heterocycles. The van der Waals surface area contributed by atoms with E-state index >= 15 is 0 Å². The normalized spacial score (nSPS) is 26.1. The molecule has 174 valence electrons. The van der Waals surface area contributed by atoms with Gasteiger partial charge in [-0.1, -0.05) is 28.8 Å². The Morgan fingerprint density at radius 2 is 1.78 bits per heavy atom. The predicted octanol–water partition coefficient (Wildman–Crippen LogP) is 6.07. The van der Waals surface area contributed by atoms with E-state index in [1.807, 2.05) is 6.92 Å². The van der Waals surface area contributed by atoms with Crippen molar-refractivity contribution >= 4 is 27.6 Å². The Labute approximate surface area is 207 Å². The fourth-order valence-corrected chi connectivity index (χ4v) is 6.95. The number of urea groups is 1. The molecule has 3 atom stereocenters. The topological polar surface area (TPSA) is 103 Å². The Kier molecular flexibility index (Phi) is 7.05. The van der Waals surface area contributed by atoms with Gasteiger partial charge in [0, 0.05) is 10.1 Å². The average molecular weight is 678 g/mol. The molecule has 6 rings (SSSR count). The first kappa shape index (κ1) is 23.8. The molecule has 4 aliphatic carbocycles. The zero-order chi connectivity index (χ0) is 23.0. The van der Waals surface area contributed by atoms with Gasteiger partial charge in [-0.15, -0.1) is 11.6 Å². The Bertz CT molecular complexity index is 1000. The summed E-state index contributed by atoms with van der Waals surface area (Å²) in [6.45, 7) is 1.90. The maximum atomic E-state index is 11.0. The Morgan fingerprint density at radius 3 is 2.38 bits per heavy atom. The number of carbonyl (C=O) groups excluding carboxylic acids is 1. The quantitative estimate of drug-likeness (QED) is 0.358. The molecule has 2 bridgehead atoms. The Morgan fingerprint density at radius 1 is 1.19 bits per heavy atom. The standard InChI is InChI=1S/C13H15BrN2O.C11H13O2.O.Os/c14-11-7-3-1-5-9(7)12(16-13(15)17)10-6-2-4-8(10)11;1-11(12)8-3-2-7(6-8)10-9(11)4-5-13-10;;/h1-6H2,(H3,15,16,17);4,7-8,12H,2-3,6H2,1H3;;/q;-1;;/p-1. The minimum atomic E-state index is -0.699. The molecule has 1 aromatic heterocycles. The van der Waals surface area contributed by atoms with E-state index in [2.05, 4.69) is 27.5 Å². The van der Waals surface area contributed by atoms with Crippen molar-refractivity contribution in [2.45, 2.75) is 76.2 Å². The van der Waals surface area contributed by atoms with Gasteiger partial charge in [-0.05, 0) is 104 Å². The van der Waals surface area contributed by atoms with Gasteiger partial charge < -0.3 is 20.6 Å². The molecule has 4 aliphatic rings. The molecule has 0 radical (unpaired) electrons. The van der Waals surface area contributed by atoms with Crippen LogP contribution in [0.25, 0.3) is 5.73 Å². The first-order valence-corrected chi connectivity index (χ1v) is 13.0. The number of nitrogens with one attached hydrogen (secondary N) is 2. The van der Waals surface area contributed by atoms with Gasteiger partial charge in [-0.25, -0.2) is 0 Å². The van der Waals surface area contributed by atoms with Crippen LogP contribution in [0, 0.1) is 12.2 Å². The van der Waals surface area contributed by atoms with Gasteiger partial charge in [-0.2, -0.15) is 0 Å². The van der Waals surface area contributed by atoms with E-state index in [1.54, 1.807) is 6.07 Å². The van der Waals surface area contributed by atoms with Gasteiger partial charge in [0.1, 0.15) is 0 Å². The zero-order valence-electron chi connectivity index (χ0n) is 18.0. The number of halogens is 1. The van der Waals surface area contributed by atoms with Crippen molar-refractivity contribution in [3.8, 4) is 0 Å². The van der Waals surface area contributed by atoms with E-state index < -0.39 is 11.6 Å². The van der Waals surface area contributed by atoms with Crippen LogP contribution in [0.15, 0.2) is 15.0 Å². The number of carbonyl (C=O) groups is 1. The zero-order valence-corrected chi connectivity index (χ0v) is 22.1. The van der Waals surface area contributed by atoms with Gasteiger partial charge in [0.2, 0.25) is 0 Å². The number of hydrogen-bond acceptors (Lipinski definition) is 4. The second-order valence-corrected chi connectivity index (χ2v) is 10.1. The molecule has 8 heteroatoms. The molecular weight excluding hydrogens is 650 g/mol. The summed E-state index contributed by atoms with van der Waals surface area (Å²) < 4.78 is 14.9. The Balaban J connectivity index is 0.000000146. The van der Waals surface area contributed by atoms with Crippen LogP contribution in [-0.4, -0.2) is 11.1 Å². The molecule has 3 N–H and O–H groups in total. The molecule has 1 aromatic carbocycles. The number of rotatable bonds is 1. The van der Waals surface area contributed by atoms with Crippen molar-refractivity contribution < 1.29 is 36.4 Å². The molecule has 0 spiro atoms. The third-order valence-electron chi connectivity index (χ3n) is 7.59. The first-order valence-electron chi connectivity index (χ1n) is 11.1. The average Bonchev–Trinajstić information content (AvgIpc) is 3.56. The van der Waals surface area contributed by atoms with Crippen molar-refractivity contribution in [3.05, 3.63) is 56.1 Å². The van der Waals surface area contributed by atoms with Crippen LogP contribution in [0.4, 0.5) is 10.5 Å². The van der Waals surface area contributed by atoms with Crippen molar-refractivity contribution in [3.63, 3.8) is 0 Å². The van der Waals surface area contributed by atoms with E-state index in [9.17, 15) is 9.90 Å². The van der Waals surface area contributed by atoms with Gasteiger partial charge in [0.25, 0.3) is 0 Å². The summed E-state index contributed by atoms with van der Waals surface area (Å²) in [4.78, 5) is 11.0. The number of amides is 2. The number of benzene rings is 1. The summed E-state index contributed by atoms with van der Waals surface area (Å²) in [5, 5.41) is 13.1. The molecule has 1 fully saturated rings. The minimum absolute atomic E-state index is 0.427. The van der Waals surface area contributed by atoms with E-state index in [0.29, 0.717) is 30.4 Å². The van der Waals surface area contributed by atoms with Crippen molar-refractivity contribution in [1.29, 1.82) is 0 Å². The summed E-state index contributed by atoms with van der Waals surface area (Å²) in [6.07, 6.45) is 12.6. The van der Waals surface area contributed by atoms with Crippen LogP contribution in [-0.2, 0) is 53.4 Å². The van der Waals surface area contributed by atoms with Crippen LogP contribution >= 0.6 is 15.9 Å². The van der Waals surface area contributed by atoms with E-state index in [1.165, 1.54) is 26.7 Å². The summed E-state index contributed by atoms with van der Waals surface area (Å²) in [6, 6.07) is 1.11. The monoisotopic (exact) mass is 678 g/mol. The van der Waals surface area contributed by atoms with E-state index in [4.69, 9.17) is 13.7 Å². The van der Waals surface area contributed by atoms with Gasteiger partial charge in [0.15, 0.2) is 6.03 Å². The summed E-state index contributed by atoms with van der Waals surface area (Å²) in [5.74, 6) is 1.96. The molecule has 0 aliphatic heterocycles. The molecule has 3 unspecified atom stereocenters. The summed E-state index contributed by atoms with van der Waals surface area (Å²) >= 11 is 4.34. The predicted molar refractivity (Wildman–Crippen MR) is 119 cm³/mol. The van der Waals surface area contributed by atoms with Crippen LogP contribution in [0.1, 0.15) is 78.5 Å². The van der Waals surface area contributed by atoms with Crippen molar-refractivity contribution in [2.75, 3.05) is 5.32 Å². The molecule has 32 heavy (non-hydrogen) atoms. The molecule has 6 nitrogen and oxygen atoms in total. The second-order valence-electron chi connectivity index (χ2n) is 9.26. The van der Waals surface area contributed by atoms with Crippen LogP contribution < -0.4 is 5.32 Å². The van der Waals surface area contributed by atoms with Crippen molar-refractivity contribution in [2.24, 2.45) is 5.92 Å². The first-order chi connectivity index (χ1) is 15.4. The van der Waals surface area contributed by atoms with E-state index in [-0.39, 0.29) is 0 Å². The molecule has 0 saturated heterocycles. The summed E-state index contributed by atoms with van der Waals surface area (Å²) in [7, 11) is 0. The number of aliphatic hydroxyl groups is 1. The number of furan rings is 1. The van der Waals surface area contributed by atoms with Gasteiger partial charge in [-0.3, -0.25) is 4.79 Å².